The summed E-state index contributed by atoms with van der Waals surface area (Å²) < 4.78 is 45.4. The number of benzene rings is 2. The monoisotopic (exact) mass is 551 g/mol. The van der Waals surface area contributed by atoms with Crippen molar-refractivity contribution in [3.8, 4) is 16.9 Å². The zero-order valence-corrected chi connectivity index (χ0v) is 23.2. The number of piperazine rings is 1. The molecule has 8 nitrogen and oxygen atoms in total. The Balaban J connectivity index is 1.44. The van der Waals surface area contributed by atoms with E-state index < -0.39 is 11.7 Å². The van der Waals surface area contributed by atoms with Crippen molar-refractivity contribution >= 4 is 11.5 Å². The van der Waals surface area contributed by atoms with Gasteiger partial charge in [0.25, 0.3) is 0 Å². The molecule has 3 heterocycles. The number of likely N-dealkylation sites (N-methyl/N-ethyl adjacent to an activating group) is 1. The highest BCUT2D eigenvalue weighted by atomic mass is 19.4. The Bertz CT molecular complexity index is 1560. The fourth-order valence-electron chi connectivity index (χ4n) is 5.08. The quantitative estimate of drug-likeness (QED) is 0.321. The summed E-state index contributed by atoms with van der Waals surface area (Å²) in [6, 6.07) is 8.14. The molecule has 4 aromatic rings. The minimum Gasteiger partial charge on any atom is -0.369 e. The van der Waals surface area contributed by atoms with Crippen LogP contribution in [-0.4, -0.2) is 68.7 Å². The Labute approximate surface area is 231 Å². The first kappa shape index (κ1) is 27.6. The number of rotatable bonds is 6. The topological polar surface area (TPSA) is 72.1 Å². The molecular weight excluding hydrogens is 519 g/mol. The van der Waals surface area contributed by atoms with Gasteiger partial charge in [0.2, 0.25) is 0 Å². The Kier molecular flexibility index (Phi) is 7.26. The van der Waals surface area contributed by atoms with E-state index in [1.54, 1.807) is 27.8 Å². The molecule has 0 unspecified atom stereocenters. The molecule has 2 aromatic heterocycles. The van der Waals surface area contributed by atoms with Crippen LogP contribution in [0.15, 0.2) is 42.7 Å². The Morgan fingerprint density at radius 3 is 2.35 bits per heavy atom. The van der Waals surface area contributed by atoms with Crippen LogP contribution in [0.4, 0.5) is 18.9 Å². The van der Waals surface area contributed by atoms with E-state index in [4.69, 9.17) is 0 Å². The fraction of sp³-hybridized carbons (Fsp3) is 0.379. The molecule has 0 N–H and O–H groups in total. The smallest absolute Gasteiger partial charge is 0.369 e. The van der Waals surface area contributed by atoms with E-state index in [-0.39, 0.29) is 23.3 Å². The van der Waals surface area contributed by atoms with E-state index >= 15 is 0 Å². The average Bonchev–Trinajstić information content (AvgIpc) is 3.51. The summed E-state index contributed by atoms with van der Waals surface area (Å²) in [5.74, 6) is -0.374. The lowest BCUT2D eigenvalue weighted by Crippen LogP contribution is -2.45. The maximum absolute atomic E-state index is 14.0. The van der Waals surface area contributed by atoms with Crippen molar-refractivity contribution in [3.05, 3.63) is 76.2 Å². The minimum absolute atomic E-state index is 0.0426. The van der Waals surface area contributed by atoms with E-state index in [9.17, 15) is 18.0 Å². The molecule has 11 heteroatoms. The summed E-state index contributed by atoms with van der Waals surface area (Å²) in [5, 5.41) is 12.8. The van der Waals surface area contributed by atoms with Gasteiger partial charge < -0.3 is 9.80 Å². The minimum atomic E-state index is -4.56. The number of alkyl halides is 3. The zero-order chi connectivity index (χ0) is 28.8. The molecule has 40 heavy (non-hydrogen) atoms. The number of anilines is 1. The number of halogens is 3. The molecule has 0 bridgehead atoms. The first-order valence-electron chi connectivity index (χ1n) is 13.1. The molecule has 5 rings (SSSR count). The highest BCUT2D eigenvalue weighted by Crippen LogP contribution is 2.37. The summed E-state index contributed by atoms with van der Waals surface area (Å²) in [6.45, 7) is 8.05. The van der Waals surface area contributed by atoms with Crippen LogP contribution < -0.4 is 4.90 Å². The molecular formula is C29H32F3N7O. The van der Waals surface area contributed by atoms with Crippen molar-refractivity contribution in [1.29, 1.82) is 0 Å². The lowest BCUT2D eigenvalue weighted by Gasteiger charge is -2.35. The summed E-state index contributed by atoms with van der Waals surface area (Å²) in [6.07, 6.45) is -1.07. The van der Waals surface area contributed by atoms with Gasteiger partial charge in [-0.3, -0.25) is 9.48 Å². The summed E-state index contributed by atoms with van der Waals surface area (Å²) >= 11 is 0. The van der Waals surface area contributed by atoms with Crippen molar-refractivity contribution in [2.75, 3.05) is 38.1 Å². The van der Waals surface area contributed by atoms with Gasteiger partial charge in [0.05, 0.1) is 23.6 Å². The van der Waals surface area contributed by atoms with Gasteiger partial charge >= 0.3 is 6.18 Å². The SMILES string of the molecule is Cc1ccc(CC(=O)c2cc(N3CCN(C)CC3)c(C)c(C(F)(F)F)c2)cc1-n1cc(-c2cnn(C)c2C)nn1. The number of ketones is 1. The lowest BCUT2D eigenvalue weighted by atomic mass is 9.95. The third-order valence-electron chi connectivity index (χ3n) is 7.74. The molecule has 0 radical (unpaired) electrons. The summed E-state index contributed by atoms with van der Waals surface area (Å²) in [4.78, 5) is 17.5. The number of aryl methyl sites for hydroxylation is 2. The first-order chi connectivity index (χ1) is 18.9. The maximum Gasteiger partial charge on any atom is 0.416 e. The van der Waals surface area contributed by atoms with E-state index in [2.05, 4.69) is 20.3 Å². The van der Waals surface area contributed by atoms with Gasteiger partial charge in [0.15, 0.2) is 5.78 Å². The van der Waals surface area contributed by atoms with E-state index in [0.717, 1.165) is 41.7 Å². The molecule has 1 fully saturated rings. The Morgan fingerprint density at radius 1 is 0.975 bits per heavy atom. The molecule has 0 spiro atoms. The number of carbonyl (C=O) groups is 1. The second kappa shape index (κ2) is 10.5. The van der Waals surface area contributed by atoms with Crippen LogP contribution in [0.5, 0.6) is 0 Å². The van der Waals surface area contributed by atoms with Gasteiger partial charge in [0, 0.05) is 62.2 Å². The van der Waals surface area contributed by atoms with Crippen molar-refractivity contribution in [1.82, 2.24) is 29.7 Å². The molecule has 1 saturated heterocycles. The van der Waals surface area contributed by atoms with Gasteiger partial charge in [-0.1, -0.05) is 17.3 Å². The van der Waals surface area contributed by atoms with Gasteiger partial charge in [-0.25, -0.2) is 4.68 Å². The van der Waals surface area contributed by atoms with Gasteiger partial charge in [-0.2, -0.15) is 18.3 Å². The molecule has 210 valence electrons. The lowest BCUT2D eigenvalue weighted by molar-refractivity contribution is -0.138. The Morgan fingerprint density at radius 2 is 1.70 bits per heavy atom. The van der Waals surface area contributed by atoms with E-state index in [0.29, 0.717) is 30.0 Å². The van der Waals surface area contributed by atoms with Crippen LogP contribution in [0.1, 0.15) is 38.3 Å². The number of hydrogen-bond acceptors (Lipinski definition) is 6. The number of hydrogen-bond donors (Lipinski definition) is 0. The van der Waals surface area contributed by atoms with E-state index in [1.807, 2.05) is 51.0 Å². The number of nitrogens with zero attached hydrogens (tertiary/aromatic N) is 7. The standard InChI is InChI=1S/C29H32F3N7O/c1-18-6-7-21(12-26(18)39-17-25(34-35-39)23-16-33-37(5)20(23)3)13-28(40)22-14-24(29(30,31)32)19(2)27(15-22)38-10-8-36(4)9-11-38/h6-7,12,14-17H,8-11,13H2,1-5H3. The van der Waals surface area contributed by atoms with Crippen LogP contribution in [0, 0.1) is 20.8 Å². The molecule has 1 aliphatic heterocycles. The van der Waals surface area contributed by atoms with Crippen LogP contribution >= 0.6 is 0 Å². The van der Waals surface area contributed by atoms with Crippen LogP contribution in [0.2, 0.25) is 0 Å². The highest BCUT2D eigenvalue weighted by molar-refractivity contribution is 5.99. The van der Waals surface area contributed by atoms with Gasteiger partial charge in [-0.05, 0) is 62.7 Å². The number of carbonyl (C=O) groups excluding carboxylic acids is 1. The summed E-state index contributed by atoms with van der Waals surface area (Å²) in [7, 11) is 3.84. The highest BCUT2D eigenvalue weighted by Gasteiger charge is 2.35. The van der Waals surface area contributed by atoms with Crippen LogP contribution in [-0.2, 0) is 19.6 Å². The Hall–Kier alpha value is -3.99. The molecule has 0 atom stereocenters. The maximum atomic E-state index is 14.0. The normalized spacial score (nSPS) is 14.7. The predicted molar refractivity (Wildman–Crippen MR) is 147 cm³/mol. The summed E-state index contributed by atoms with van der Waals surface area (Å²) in [5.41, 5.74) is 4.74. The van der Waals surface area contributed by atoms with Crippen molar-refractivity contribution < 1.29 is 18.0 Å². The predicted octanol–water partition coefficient (Wildman–Crippen LogP) is 4.79. The largest absolute Gasteiger partial charge is 0.416 e. The first-order valence-corrected chi connectivity index (χ1v) is 13.1. The van der Waals surface area contributed by atoms with Crippen LogP contribution in [0.3, 0.4) is 0 Å². The van der Waals surface area contributed by atoms with Crippen molar-refractivity contribution in [2.45, 2.75) is 33.4 Å². The third-order valence-corrected chi connectivity index (χ3v) is 7.74. The van der Waals surface area contributed by atoms with Gasteiger partial charge in [-0.15, -0.1) is 5.10 Å². The van der Waals surface area contributed by atoms with Crippen molar-refractivity contribution in [2.24, 2.45) is 7.05 Å². The second-order valence-electron chi connectivity index (χ2n) is 10.5. The van der Waals surface area contributed by atoms with E-state index in [1.165, 1.54) is 6.92 Å². The molecule has 2 aromatic carbocycles. The zero-order valence-electron chi connectivity index (χ0n) is 23.2. The molecule has 0 saturated carbocycles. The average molecular weight is 552 g/mol. The van der Waals surface area contributed by atoms with Crippen molar-refractivity contribution in [3.63, 3.8) is 0 Å². The second-order valence-corrected chi connectivity index (χ2v) is 10.5. The van der Waals surface area contributed by atoms with Gasteiger partial charge in [0.1, 0.15) is 5.69 Å². The number of aromatic nitrogens is 5. The third kappa shape index (κ3) is 5.38. The molecule has 0 amide bonds. The fourth-order valence-corrected chi connectivity index (χ4v) is 5.08. The van der Waals surface area contributed by atoms with Crippen LogP contribution in [0.25, 0.3) is 16.9 Å². The number of Topliss-reactive ketones (excluding diaryl/α,β-unsaturated/α-hetero) is 1. The molecule has 0 aliphatic carbocycles. The molecule has 1 aliphatic rings.